The largest absolute Gasteiger partial charge is 0.445 e. The maximum absolute atomic E-state index is 13.0. The lowest BCUT2D eigenvalue weighted by Crippen LogP contribution is -2.47. The van der Waals surface area contributed by atoms with Crippen LogP contribution in [0.3, 0.4) is 0 Å². The molecule has 2 aliphatic carbocycles. The van der Waals surface area contributed by atoms with Crippen molar-refractivity contribution in [2.75, 3.05) is 6.54 Å². The molecule has 1 heterocycles. The van der Waals surface area contributed by atoms with Crippen molar-refractivity contribution in [3.8, 4) is 0 Å². The van der Waals surface area contributed by atoms with Gasteiger partial charge in [-0.15, -0.1) is 0 Å². The number of nitrogens with zero attached hydrogens (tertiary/aromatic N) is 1. The van der Waals surface area contributed by atoms with E-state index in [0.717, 1.165) is 31.2 Å². The second-order valence-corrected chi connectivity index (χ2v) is 10.0. The van der Waals surface area contributed by atoms with Crippen LogP contribution >= 0.6 is 0 Å². The van der Waals surface area contributed by atoms with Crippen molar-refractivity contribution in [1.29, 1.82) is 0 Å². The van der Waals surface area contributed by atoms with Crippen LogP contribution < -0.4 is 16.4 Å². The Labute approximate surface area is 212 Å². The van der Waals surface area contributed by atoms with Crippen molar-refractivity contribution in [3.05, 3.63) is 65.5 Å². The summed E-state index contributed by atoms with van der Waals surface area (Å²) in [6, 6.07) is 12.3. The quantitative estimate of drug-likeness (QED) is 0.323. The Bertz CT molecular complexity index is 1200. The predicted molar refractivity (Wildman–Crippen MR) is 131 cm³/mol. The fraction of sp³-hybridized carbons (Fsp3) is 0.481. The molecule has 0 bridgehead atoms. The molecule has 198 valence electrons. The number of fused-ring (bicyclic) bond motifs is 1. The van der Waals surface area contributed by atoms with E-state index in [1.807, 2.05) is 30.3 Å². The number of halogens is 3. The Morgan fingerprint density at radius 1 is 1.08 bits per heavy atom. The number of oxazole rings is 1. The van der Waals surface area contributed by atoms with Crippen LogP contribution in [-0.2, 0) is 17.9 Å². The predicted octanol–water partition coefficient (Wildman–Crippen LogP) is 5.21. The van der Waals surface area contributed by atoms with Crippen LogP contribution in [-0.4, -0.2) is 29.8 Å². The summed E-state index contributed by atoms with van der Waals surface area (Å²) in [5.74, 6) is 1.60. The first-order valence-electron chi connectivity index (χ1n) is 12.7. The van der Waals surface area contributed by atoms with Crippen molar-refractivity contribution in [3.63, 3.8) is 0 Å². The minimum Gasteiger partial charge on any atom is -0.445 e. The Hall–Kier alpha value is -3.11. The van der Waals surface area contributed by atoms with E-state index >= 15 is 0 Å². The SMILES string of the molecule is NC[C@@H](NCc1ccc2oc([C@@H](NC(=O)OCc3ccccc3)C(C3CC3)C3CC3)nc2c1)C(F)(F)F. The zero-order chi connectivity index (χ0) is 26.0. The van der Waals surface area contributed by atoms with Gasteiger partial charge in [0, 0.05) is 13.1 Å². The van der Waals surface area contributed by atoms with E-state index in [1.165, 1.54) is 0 Å². The second kappa shape index (κ2) is 10.7. The fourth-order valence-electron chi connectivity index (χ4n) is 4.91. The lowest BCUT2D eigenvalue weighted by atomic mass is 9.89. The molecule has 1 aromatic heterocycles. The summed E-state index contributed by atoms with van der Waals surface area (Å²) < 4.78 is 50.6. The van der Waals surface area contributed by atoms with Gasteiger partial charge in [-0.1, -0.05) is 36.4 Å². The Morgan fingerprint density at radius 3 is 2.41 bits per heavy atom. The molecular formula is C27H31F3N4O3. The van der Waals surface area contributed by atoms with Crippen LogP contribution in [0.1, 0.15) is 48.7 Å². The molecule has 5 rings (SSSR count). The van der Waals surface area contributed by atoms with Gasteiger partial charge in [-0.05, 0) is 66.7 Å². The molecule has 37 heavy (non-hydrogen) atoms. The first kappa shape index (κ1) is 25.5. The number of ether oxygens (including phenoxy) is 1. The van der Waals surface area contributed by atoms with Crippen LogP contribution in [0.25, 0.3) is 11.1 Å². The lowest BCUT2D eigenvalue weighted by molar-refractivity contribution is -0.153. The number of carbonyl (C=O) groups is 1. The van der Waals surface area contributed by atoms with Crippen LogP contribution in [0.4, 0.5) is 18.0 Å². The molecule has 7 nitrogen and oxygen atoms in total. The van der Waals surface area contributed by atoms with Gasteiger partial charge in [0.15, 0.2) is 5.58 Å². The number of benzene rings is 2. The molecule has 0 radical (unpaired) electrons. The maximum atomic E-state index is 13.0. The first-order valence-corrected chi connectivity index (χ1v) is 12.7. The van der Waals surface area contributed by atoms with Gasteiger partial charge in [0.05, 0.1) is 0 Å². The molecule has 10 heteroatoms. The molecule has 2 atom stereocenters. The summed E-state index contributed by atoms with van der Waals surface area (Å²) in [5.41, 5.74) is 7.84. The van der Waals surface area contributed by atoms with Gasteiger partial charge < -0.3 is 25.5 Å². The van der Waals surface area contributed by atoms with Crippen LogP contribution in [0.2, 0.25) is 0 Å². The van der Waals surface area contributed by atoms with Gasteiger partial charge in [0.25, 0.3) is 0 Å². The highest BCUT2D eigenvalue weighted by Crippen LogP contribution is 2.54. The second-order valence-electron chi connectivity index (χ2n) is 10.0. The van der Waals surface area contributed by atoms with E-state index in [-0.39, 0.29) is 19.1 Å². The van der Waals surface area contributed by atoms with Crippen molar-refractivity contribution in [2.24, 2.45) is 23.5 Å². The molecule has 4 N–H and O–H groups in total. The molecule has 0 spiro atoms. The number of aromatic nitrogens is 1. The number of alkyl carbamates (subject to hydrolysis) is 1. The Morgan fingerprint density at radius 2 is 1.78 bits per heavy atom. The van der Waals surface area contributed by atoms with Crippen LogP contribution in [0.15, 0.2) is 52.9 Å². The molecular weight excluding hydrogens is 485 g/mol. The number of hydrogen-bond donors (Lipinski definition) is 3. The number of alkyl halides is 3. The van der Waals surface area contributed by atoms with Crippen molar-refractivity contribution < 1.29 is 27.1 Å². The fourth-order valence-corrected chi connectivity index (χ4v) is 4.91. The molecule has 2 saturated carbocycles. The Kier molecular flexibility index (Phi) is 7.39. The normalized spacial score (nSPS) is 17.6. The number of amides is 1. The minimum absolute atomic E-state index is 0.0141. The highest BCUT2D eigenvalue weighted by atomic mass is 19.4. The molecule has 0 aliphatic heterocycles. The maximum Gasteiger partial charge on any atom is 0.408 e. The molecule has 2 aromatic carbocycles. The molecule has 3 aromatic rings. The zero-order valence-corrected chi connectivity index (χ0v) is 20.3. The summed E-state index contributed by atoms with van der Waals surface area (Å²) in [6.45, 7) is -0.403. The standard InChI is InChI=1S/C27H31F3N4O3/c28-27(29,30)22(13-31)32-14-17-6-11-21-20(12-17)33-25(37-21)24(23(18-7-8-18)19-9-10-19)34-26(35)36-15-16-4-2-1-3-5-16/h1-6,11-12,18-19,22-24,32H,7-10,13-15,31H2,(H,34,35)/t22-,24+/m1/s1. The number of rotatable bonds is 11. The van der Waals surface area contributed by atoms with Gasteiger partial charge >= 0.3 is 12.3 Å². The van der Waals surface area contributed by atoms with Crippen molar-refractivity contribution >= 4 is 17.2 Å². The summed E-state index contributed by atoms with van der Waals surface area (Å²) in [5, 5.41) is 5.47. The third-order valence-corrected chi connectivity index (χ3v) is 7.12. The first-order chi connectivity index (χ1) is 17.8. The van der Waals surface area contributed by atoms with E-state index < -0.39 is 30.9 Å². The smallest absolute Gasteiger partial charge is 0.408 e. The van der Waals surface area contributed by atoms with Crippen LogP contribution in [0.5, 0.6) is 0 Å². The third-order valence-electron chi connectivity index (χ3n) is 7.12. The molecule has 0 unspecified atom stereocenters. The number of carbonyl (C=O) groups excluding carboxylic acids is 1. The Balaban J connectivity index is 1.33. The van der Waals surface area contributed by atoms with Crippen LogP contribution in [0, 0.1) is 17.8 Å². The average molecular weight is 517 g/mol. The summed E-state index contributed by atoms with van der Waals surface area (Å²) in [6.07, 6.45) is -0.529. The van der Waals surface area contributed by atoms with E-state index in [1.54, 1.807) is 18.2 Å². The molecule has 2 fully saturated rings. The number of hydrogen-bond acceptors (Lipinski definition) is 6. The van der Waals surface area contributed by atoms with Crippen molar-refractivity contribution in [2.45, 2.75) is 57.1 Å². The van der Waals surface area contributed by atoms with Gasteiger partial charge in [0.1, 0.15) is 24.2 Å². The molecule has 0 saturated heterocycles. The number of nitrogens with one attached hydrogen (secondary N) is 2. The number of nitrogens with two attached hydrogens (primary N) is 1. The van der Waals surface area contributed by atoms with E-state index in [2.05, 4.69) is 15.6 Å². The third kappa shape index (κ3) is 6.42. The topological polar surface area (TPSA) is 102 Å². The van der Waals surface area contributed by atoms with Gasteiger partial charge in [-0.25, -0.2) is 9.78 Å². The van der Waals surface area contributed by atoms with Gasteiger partial charge in [0.2, 0.25) is 5.89 Å². The molecule has 2 aliphatic rings. The summed E-state index contributed by atoms with van der Waals surface area (Å²) in [7, 11) is 0. The van der Waals surface area contributed by atoms with E-state index in [9.17, 15) is 18.0 Å². The highest BCUT2D eigenvalue weighted by molar-refractivity contribution is 5.74. The summed E-state index contributed by atoms with van der Waals surface area (Å²) in [4.78, 5) is 17.5. The van der Waals surface area contributed by atoms with Gasteiger partial charge in [-0.3, -0.25) is 0 Å². The monoisotopic (exact) mass is 516 g/mol. The minimum atomic E-state index is -4.42. The van der Waals surface area contributed by atoms with Gasteiger partial charge in [-0.2, -0.15) is 13.2 Å². The zero-order valence-electron chi connectivity index (χ0n) is 20.3. The lowest BCUT2D eigenvalue weighted by Gasteiger charge is -2.25. The van der Waals surface area contributed by atoms with E-state index in [4.69, 9.17) is 14.9 Å². The summed E-state index contributed by atoms with van der Waals surface area (Å²) >= 11 is 0. The highest BCUT2D eigenvalue weighted by Gasteiger charge is 2.48. The van der Waals surface area contributed by atoms with E-state index in [0.29, 0.717) is 34.4 Å². The van der Waals surface area contributed by atoms with Crippen molar-refractivity contribution in [1.82, 2.24) is 15.6 Å². The average Bonchev–Trinajstić information content (AvgIpc) is 3.81. The molecule has 1 amide bonds.